The molecule has 0 bridgehead atoms. The fraction of sp³-hybridized carbons (Fsp3) is 0. The Hall–Kier alpha value is -0.785. The molecular formula is C5H5BO. The predicted octanol–water partition coefficient (Wildman–Crippen LogP) is 0.0330. The molecule has 0 aromatic heterocycles. The molecule has 2 heteroatoms. The molecule has 1 aliphatic heterocycles. The molecule has 1 rings (SSSR count). The van der Waals surface area contributed by atoms with Crippen molar-refractivity contribution in [3.63, 3.8) is 0 Å². The second-order valence-electron chi connectivity index (χ2n) is 1.49. The smallest absolute Gasteiger partial charge is 0.187 e. The van der Waals surface area contributed by atoms with E-state index in [0.717, 1.165) is 19.0 Å². The molecule has 0 radical (unpaired) electrons. The van der Waals surface area contributed by atoms with Crippen molar-refractivity contribution in [2.24, 2.45) is 0 Å². The van der Waals surface area contributed by atoms with Crippen LogP contribution in [-0.2, 0) is 4.79 Å². The molecule has 34 valence electrons. The Morgan fingerprint density at radius 1 is 1.71 bits per heavy atom. The number of aldehydes is 1. The number of hydrogen-bond donors (Lipinski definition) is 0. The van der Waals surface area contributed by atoms with Gasteiger partial charge in [-0.25, -0.2) is 0 Å². The lowest BCUT2D eigenvalue weighted by molar-refractivity contribution is -0.104. The Labute approximate surface area is 43.0 Å². The normalized spacial score (nSPS) is 15.7. The minimum Gasteiger partial charge on any atom is -0.299 e. The first kappa shape index (κ1) is 4.38. The van der Waals surface area contributed by atoms with Crippen molar-refractivity contribution in [2.75, 3.05) is 0 Å². The Morgan fingerprint density at radius 3 is 2.86 bits per heavy atom. The standard InChI is InChI=1S/C5H5BO/c7-4-5-2-1-3-6-5/h1-4,6H. The van der Waals surface area contributed by atoms with E-state index in [4.69, 9.17) is 0 Å². The quantitative estimate of drug-likeness (QED) is 0.329. The van der Waals surface area contributed by atoms with Gasteiger partial charge < -0.3 is 0 Å². The van der Waals surface area contributed by atoms with Crippen LogP contribution in [0.5, 0.6) is 0 Å². The van der Waals surface area contributed by atoms with Crippen LogP contribution in [0.4, 0.5) is 0 Å². The lowest BCUT2D eigenvalue weighted by atomic mass is 9.74. The van der Waals surface area contributed by atoms with Gasteiger partial charge in [-0.05, 0) is 5.47 Å². The van der Waals surface area contributed by atoms with Crippen LogP contribution in [0.15, 0.2) is 23.6 Å². The van der Waals surface area contributed by atoms with E-state index in [0.29, 0.717) is 0 Å². The molecule has 0 amide bonds. The highest BCUT2D eigenvalue weighted by Crippen LogP contribution is 1.95. The van der Waals surface area contributed by atoms with Crippen molar-refractivity contribution in [3.05, 3.63) is 23.6 Å². The molecule has 1 aliphatic rings. The van der Waals surface area contributed by atoms with Gasteiger partial charge in [0, 0.05) is 0 Å². The van der Waals surface area contributed by atoms with Crippen LogP contribution in [0.1, 0.15) is 0 Å². The summed E-state index contributed by atoms with van der Waals surface area (Å²) in [4.78, 5) is 9.90. The Kier molecular flexibility index (Phi) is 1.11. The molecule has 0 aliphatic carbocycles. The summed E-state index contributed by atoms with van der Waals surface area (Å²) in [7, 11) is 0.823. The lowest BCUT2D eigenvalue weighted by Crippen LogP contribution is -1.87. The summed E-state index contributed by atoms with van der Waals surface area (Å²) in [6, 6.07) is 0. The summed E-state index contributed by atoms with van der Waals surface area (Å²) in [6.07, 6.45) is 4.61. The first-order chi connectivity index (χ1) is 3.43. The molecule has 0 saturated carbocycles. The summed E-state index contributed by atoms with van der Waals surface area (Å²) in [5.41, 5.74) is 0.875. The number of allylic oxidation sites excluding steroid dienone is 3. The second kappa shape index (κ2) is 1.78. The van der Waals surface area contributed by atoms with E-state index < -0.39 is 0 Å². The topological polar surface area (TPSA) is 17.1 Å². The zero-order valence-electron chi connectivity index (χ0n) is 3.92. The van der Waals surface area contributed by atoms with Crippen molar-refractivity contribution in [2.45, 2.75) is 0 Å². The van der Waals surface area contributed by atoms with Gasteiger partial charge in [0.2, 0.25) is 0 Å². The second-order valence-corrected chi connectivity index (χ2v) is 1.49. The van der Waals surface area contributed by atoms with Crippen molar-refractivity contribution in [1.82, 2.24) is 0 Å². The van der Waals surface area contributed by atoms with Crippen LogP contribution in [0, 0.1) is 0 Å². The van der Waals surface area contributed by atoms with Gasteiger partial charge in [0.05, 0.1) is 0 Å². The third-order valence-electron chi connectivity index (χ3n) is 0.951. The van der Waals surface area contributed by atoms with E-state index in [1.165, 1.54) is 0 Å². The molecular weight excluding hydrogens is 86.9 g/mol. The highest BCUT2D eigenvalue weighted by molar-refractivity contribution is 6.58. The van der Waals surface area contributed by atoms with Gasteiger partial charge in [-0.2, -0.15) is 0 Å². The van der Waals surface area contributed by atoms with Gasteiger partial charge >= 0.3 is 0 Å². The Morgan fingerprint density at radius 2 is 2.57 bits per heavy atom. The molecule has 7 heavy (non-hydrogen) atoms. The van der Waals surface area contributed by atoms with Crippen LogP contribution in [0.3, 0.4) is 0 Å². The molecule has 0 unspecified atom stereocenters. The van der Waals surface area contributed by atoms with Gasteiger partial charge in [-0.15, -0.1) is 5.98 Å². The zero-order chi connectivity index (χ0) is 5.11. The van der Waals surface area contributed by atoms with Crippen LogP contribution >= 0.6 is 0 Å². The molecule has 1 heterocycles. The molecule has 0 spiro atoms. The summed E-state index contributed by atoms with van der Waals surface area (Å²) < 4.78 is 0. The maximum Gasteiger partial charge on any atom is 0.187 e. The molecule has 0 atom stereocenters. The highest BCUT2D eigenvalue weighted by Gasteiger charge is 1.95. The van der Waals surface area contributed by atoms with E-state index >= 15 is 0 Å². The zero-order valence-corrected chi connectivity index (χ0v) is 3.92. The van der Waals surface area contributed by atoms with Crippen molar-refractivity contribution in [1.29, 1.82) is 0 Å². The van der Waals surface area contributed by atoms with Crippen LogP contribution in [0.25, 0.3) is 0 Å². The number of rotatable bonds is 1. The molecule has 0 aromatic carbocycles. The summed E-state index contributed by atoms with van der Waals surface area (Å²) in [6.45, 7) is 0. The maximum atomic E-state index is 9.90. The molecule has 0 saturated heterocycles. The number of carbonyl (C=O) groups is 1. The molecule has 0 N–H and O–H groups in total. The van der Waals surface area contributed by atoms with E-state index in [1.54, 1.807) is 0 Å². The first-order valence-electron chi connectivity index (χ1n) is 2.24. The minimum atomic E-state index is 0.823. The van der Waals surface area contributed by atoms with E-state index in [1.807, 2.05) is 18.1 Å². The van der Waals surface area contributed by atoms with Gasteiger partial charge in [-0.3, -0.25) is 4.79 Å². The monoisotopic (exact) mass is 92.0 g/mol. The average molecular weight is 91.9 g/mol. The van der Waals surface area contributed by atoms with E-state index in [-0.39, 0.29) is 0 Å². The maximum absolute atomic E-state index is 9.90. The van der Waals surface area contributed by atoms with Crippen LogP contribution in [-0.4, -0.2) is 13.6 Å². The summed E-state index contributed by atoms with van der Waals surface area (Å²) in [5, 5.41) is 0. The summed E-state index contributed by atoms with van der Waals surface area (Å²) >= 11 is 0. The van der Waals surface area contributed by atoms with E-state index in [2.05, 4.69) is 0 Å². The Balaban J connectivity index is 2.61. The fourth-order valence-corrected chi connectivity index (χ4v) is 0.551. The molecule has 0 fully saturated rings. The largest absolute Gasteiger partial charge is 0.299 e. The SMILES string of the molecule is O=CC1=CC=CB1. The van der Waals surface area contributed by atoms with Gasteiger partial charge in [0.15, 0.2) is 7.28 Å². The molecule has 0 aromatic rings. The van der Waals surface area contributed by atoms with Crippen molar-refractivity contribution in [3.8, 4) is 0 Å². The number of carbonyl (C=O) groups excluding carboxylic acids is 1. The van der Waals surface area contributed by atoms with Crippen molar-refractivity contribution >= 4 is 13.6 Å². The minimum absolute atomic E-state index is 0.823. The highest BCUT2D eigenvalue weighted by atomic mass is 16.1. The van der Waals surface area contributed by atoms with Gasteiger partial charge in [0.25, 0.3) is 0 Å². The average Bonchev–Trinajstić information content (AvgIpc) is 2.14. The third-order valence-corrected chi connectivity index (χ3v) is 0.951. The summed E-state index contributed by atoms with van der Waals surface area (Å²) in [5.74, 6) is 1.96. The number of hydrogen-bond acceptors (Lipinski definition) is 1. The van der Waals surface area contributed by atoms with Gasteiger partial charge in [0.1, 0.15) is 6.29 Å². The lowest BCUT2D eigenvalue weighted by Gasteiger charge is -1.75. The molecule has 1 nitrogen and oxygen atoms in total. The van der Waals surface area contributed by atoms with E-state index in [9.17, 15) is 4.79 Å². The fourth-order valence-electron chi connectivity index (χ4n) is 0.551. The third kappa shape index (κ3) is 0.799. The first-order valence-corrected chi connectivity index (χ1v) is 2.24. The van der Waals surface area contributed by atoms with Crippen molar-refractivity contribution < 1.29 is 4.79 Å². The van der Waals surface area contributed by atoms with Gasteiger partial charge in [-0.1, -0.05) is 12.2 Å². The van der Waals surface area contributed by atoms with Crippen LogP contribution in [0.2, 0.25) is 0 Å². The predicted molar refractivity (Wildman–Crippen MR) is 30.4 cm³/mol. The Bertz CT molecular complexity index is 135. The van der Waals surface area contributed by atoms with Crippen LogP contribution < -0.4 is 0 Å².